The van der Waals surface area contributed by atoms with E-state index in [9.17, 15) is 4.79 Å². The Bertz CT molecular complexity index is 755. The number of benzene rings is 1. The van der Waals surface area contributed by atoms with Crippen LogP contribution >= 0.6 is 11.6 Å². The van der Waals surface area contributed by atoms with E-state index in [0.29, 0.717) is 11.6 Å². The van der Waals surface area contributed by atoms with Crippen LogP contribution in [0.15, 0.2) is 42.5 Å². The number of carbonyl (C=O) groups excluding carboxylic acids is 1. The van der Waals surface area contributed by atoms with E-state index in [1.165, 1.54) is 0 Å². The van der Waals surface area contributed by atoms with E-state index >= 15 is 0 Å². The van der Waals surface area contributed by atoms with Gasteiger partial charge in [0.1, 0.15) is 5.82 Å². The van der Waals surface area contributed by atoms with Crippen LogP contribution in [-0.2, 0) is 11.3 Å². The molecule has 2 heterocycles. The van der Waals surface area contributed by atoms with Crippen molar-refractivity contribution in [3.63, 3.8) is 0 Å². The number of rotatable bonds is 7. The first-order valence-corrected chi connectivity index (χ1v) is 10.0. The summed E-state index contributed by atoms with van der Waals surface area (Å²) in [6, 6.07) is 13.3. The van der Waals surface area contributed by atoms with Gasteiger partial charge < -0.3 is 15.1 Å². The maximum absolute atomic E-state index is 13.2. The van der Waals surface area contributed by atoms with Crippen LogP contribution in [0.2, 0.25) is 5.02 Å². The number of carbonyl (C=O) groups is 1. The van der Waals surface area contributed by atoms with Gasteiger partial charge in [-0.1, -0.05) is 17.7 Å². The van der Waals surface area contributed by atoms with E-state index in [1.807, 2.05) is 47.4 Å². The van der Waals surface area contributed by atoms with Crippen LogP contribution in [-0.4, -0.2) is 36.6 Å². The number of aromatic nitrogens is 1. The lowest BCUT2D eigenvalue weighted by molar-refractivity contribution is -0.120. The average molecular weight is 387 g/mol. The minimum absolute atomic E-state index is 0.0878. The van der Waals surface area contributed by atoms with Gasteiger partial charge in [-0.05, 0) is 69.6 Å². The Labute approximate surface area is 166 Å². The number of anilines is 2. The molecular formula is C21H27ClN4O. The fourth-order valence-corrected chi connectivity index (χ4v) is 3.57. The van der Waals surface area contributed by atoms with Crippen molar-refractivity contribution in [3.05, 3.63) is 53.2 Å². The first kappa shape index (κ1) is 19.6. The second kappa shape index (κ2) is 9.20. The summed E-state index contributed by atoms with van der Waals surface area (Å²) in [6.07, 6.45) is 1.90. The van der Waals surface area contributed by atoms with Crippen molar-refractivity contribution in [1.29, 1.82) is 0 Å². The number of halogens is 1. The topological polar surface area (TPSA) is 48.5 Å². The smallest absolute Gasteiger partial charge is 0.244 e. The molecule has 1 atom stereocenters. The van der Waals surface area contributed by atoms with E-state index in [0.717, 1.165) is 49.7 Å². The molecule has 3 rings (SSSR count). The zero-order valence-electron chi connectivity index (χ0n) is 16.0. The molecule has 2 aromatic rings. The Balaban J connectivity index is 1.88. The first-order chi connectivity index (χ1) is 13.1. The molecule has 1 N–H and O–H groups in total. The van der Waals surface area contributed by atoms with Crippen LogP contribution in [0.4, 0.5) is 11.5 Å². The normalized spacial score (nSPS) is 16.3. The minimum Gasteiger partial charge on any atom is -0.357 e. The maximum Gasteiger partial charge on any atom is 0.244 e. The Morgan fingerprint density at radius 1 is 1.19 bits per heavy atom. The van der Waals surface area contributed by atoms with Crippen LogP contribution in [0, 0.1) is 0 Å². The standard InChI is InChI=1S/C21H27ClN4O/c1-3-25(4-2)20-9-5-7-17(24-20)15-26(18-12-10-16(22)11-13-18)21(27)19-8-6-14-23-19/h5,7,9-13,19,23H,3-4,6,8,14-15H2,1-2H3/t19-/m0/s1. The van der Waals surface area contributed by atoms with Gasteiger partial charge in [0.25, 0.3) is 0 Å². The summed E-state index contributed by atoms with van der Waals surface area (Å²) in [5, 5.41) is 3.96. The van der Waals surface area contributed by atoms with E-state index in [2.05, 4.69) is 24.1 Å². The summed E-state index contributed by atoms with van der Waals surface area (Å²) in [6.45, 7) is 7.37. The maximum atomic E-state index is 13.2. The lowest BCUT2D eigenvalue weighted by Crippen LogP contribution is -2.43. The van der Waals surface area contributed by atoms with E-state index < -0.39 is 0 Å². The quantitative estimate of drug-likeness (QED) is 0.784. The summed E-state index contributed by atoms with van der Waals surface area (Å²) in [4.78, 5) is 22.0. The average Bonchev–Trinajstić information content (AvgIpc) is 3.23. The van der Waals surface area contributed by atoms with Gasteiger partial charge in [0.05, 0.1) is 18.3 Å². The molecule has 144 valence electrons. The van der Waals surface area contributed by atoms with Gasteiger partial charge in [-0.3, -0.25) is 4.79 Å². The lowest BCUT2D eigenvalue weighted by atomic mass is 10.1. The van der Waals surface area contributed by atoms with Gasteiger partial charge in [-0.25, -0.2) is 4.98 Å². The van der Waals surface area contributed by atoms with Crippen LogP contribution in [0.3, 0.4) is 0 Å². The molecule has 1 aromatic carbocycles. The predicted molar refractivity (Wildman–Crippen MR) is 111 cm³/mol. The van der Waals surface area contributed by atoms with Crippen LogP contribution in [0.25, 0.3) is 0 Å². The van der Waals surface area contributed by atoms with E-state index in [4.69, 9.17) is 16.6 Å². The molecule has 0 radical (unpaired) electrons. The van der Waals surface area contributed by atoms with Crippen molar-refractivity contribution in [1.82, 2.24) is 10.3 Å². The van der Waals surface area contributed by atoms with Crippen molar-refractivity contribution < 1.29 is 4.79 Å². The molecule has 6 heteroatoms. The third-order valence-corrected chi connectivity index (χ3v) is 5.21. The molecular weight excluding hydrogens is 360 g/mol. The van der Waals surface area contributed by atoms with Crippen molar-refractivity contribution in [2.45, 2.75) is 39.3 Å². The molecule has 0 bridgehead atoms. The zero-order valence-corrected chi connectivity index (χ0v) is 16.7. The van der Waals surface area contributed by atoms with Gasteiger partial charge in [-0.2, -0.15) is 0 Å². The van der Waals surface area contributed by atoms with Gasteiger partial charge >= 0.3 is 0 Å². The molecule has 1 aliphatic rings. The number of amides is 1. The van der Waals surface area contributed by atoms with Gasteiger partial charge in [0.2, 0.25) is 5.91 Å². The second-order valence-electron chi connectivity index (χ2n) is 6.71. The SMILES string of the molecule is CCN(CC)c1cccc(CN(C(=O)[C@@H]2CCCN2)c2ccc(Cl)cc2)n1. The molecule has 1 aromatic heterocycles. The highest BCUT2D eigenvalue weighted by molar-refractivity contribution is 6.30. The summed E-state index contributed by atoms with van der Waals surface area (Å²) < 4.78 is 0. The van der Waals surface area contributed by atoms with E-state index in [-0.39, 0.29) is 11.9 Å². The second-order valence-corrected chi connectivity index (χ2v) is 7.15. The minimum atomic E-state index is -0.133. The number of hydrogen-bond donors (Lipinski definition) is 1. The summed E-state index contributed by atoms with van der Waals surface area (Å²) in [5.41, 5.74) is 1.72. The molecule has 0 aliphatic carbocycles. The van der Waals surface area contributed by atoms with Crippen molar-refractivity contribution >= 4 is 29.0 Å². The predicted octanol–water partition coefficient (Wildman–Crippen LogP) is 3.87. The summed E-state index contributed by atoms with van der Waals surface area (Å²) in [7, 11) is 0. The Kier molecular flexibility index (Phi) is 6.69. The molecule has 0 unspecified atom stereocenters. The number of nitrogens with one attached hydrogen (secondary N) is 1. The Hall–Kier alpha value is -2.11. The molecule has 0 spiro atoms. The van der Waals surface area contributed by atoms with Crippen LogP contribution < -0.4 is 15.1 Å². The van der Waals surface area contributed by atoms with Crippen molar-refractivity contribution in [2.75, 3.05) is 29.4 Å². The highest BCUT2D eigenvalue weighted by Crippen LogP contribution is 2.23. The van der Waals surface area contributed by atoms with Crippen LogP contribution in [0.5, 0.6) is 0 Å². The largest absolute Gasteiger partial charge is 0.357 e. The van der Waals surface area contributed by atoms with Gasteiger partial charge in [0.15, 0.2) is 0 Å². The van der Waals surface area contributed by atoms with Crippen molar-refractivity contribution in [2.24, 2.45) is 0 Å². The van der Waals surface area contributed by atoms with Gasteiger partial charge in [0, 0.05) is 23.8 Å². The fraction of sp³-hybridized carbons (Fsp3) is 0.429. The number of nitrogens with zero attached hydrogens (tertiary/aromatic N) is 3. The first-order valence-electron chi connectivity index (χ1n) is 9.63. The highest BCUT2D eigenvalue weighted by atomic mass is 35.5. The molecule has 5 nitrogen and oxygen atoms in total. The monoisotopic (exact) mass is 386 g/mol. The third kappa shape index (κ3) is 4.79. The van der Waals surface area contributed by atoms with Crippen LogP contribution in [0.1, 0.15) is 32.4 Å². The number of pyridine rings is 1. The number of hydrogen-bond acceptors (Lipinski definition) is 4. The Morgan fingerprint density at radius 3 is 2.56 bits per heavy atom. The summed E-state index contributed by atoms with van der Waals surface area (Å²) in [5.74, 6) is 1.03. The van der Waals surface area contributed by atoms with E-state index in [1.54, 1.807) is 0 Å². The third-order valence-electron chi connectivity index (χ3n) is 4.96. The molecule has 27 heavy (non-hydrogen) atoms. The highest BCUT2D eigenvalue weighted by Gasteiger charge is 2.28. The molecule has 1 saturated heterocycles. The lowest BCUT2D eigenvalue weighted by Gasteiger charge is -2.26. The molecule has 1 fully saturated rings. The molecule has 1 aliphatic heterocycles. The Morgan fingerprint density at radius 2 is 1.93 bits per heavy atom. The van der Waals surface area contributed by atoms with Gasteiger partial charge in [-0.15, -0.1) is 0 Å². The molecule has 1 amide bonds. The molecule has 0 saturated carbocycles. The fourth-order valence-electron chi connectivity index (χ4n) is 3.44. The summed E-state index contributed by atoms with van der Waals surface area (Å²) >= 11 is 6.04. The van der Waals surface area contributed by atoms with Crippen molar-refractivity contribution in [3.8, 4) is 0 Å². The zero-order chi connectivity index (χ0) is 19.2.